The zero-order chi connectivity index (χ0) is 20.5. The minimum atomic E-state index is -0.546. The van der Waals surface area contributed by atoms with E-state index in [0.29, 0.717) is 27.8 Å². The van der Waals surface area contributed by atoms with Gasteiger partial charge in [0, 0.05) is 27.9 Å². The van der Waals surface area contributed by atoms with Crippen LogP contribution in [0.3, 0.4) is 0 Å². The van der Waals surface area contributed by atoms with E-state index in [1.807, 2.05) is 19.9 Å². The number of nitrogens with one attached hydrogen (secondary N) is 2. The average Bonchev–Trinajstić information content (AvgIpc) is 3.20. The fraction of sp³-hybridized carbons (Fsp3) is 0.200. The van der Waals surface area contributed by atoms with Crippen molar-refractivity contribution in [3.8, 4) is 16.9 Å². The Labute approximate surface area is 171 Å². The number of fused-ring (bicyclic) bond motifs is 1. The number of hydrogen-bond acceptors (Lipinski definition) is 6. The second-order valence-electron chi connectivity index (χ2n) is 6.54. The maximum Gasteiger partial charge on any atom is 0.212 e. The van der Waals surface area contributed by atoms with E-state index in [1.165, 1.54) is 18.6 Å². The summed E-state index contributed by atoms with van der Waals surface area (Å²) in [6.45, 7) is 3.87. The van der Waals surface area contributed by atoms with E-state index < -0.39 is 5.95 Å². The molecule has 2 N–H and O–H groups in total. The molecule has 0 aliphatic rings. The van der Waals surface area contributed by atoms with Crippen molar-refractivity contribution in [1.29, 1.82) is 0 Å². The Morgan fingerprint density at radius 1 is 1.21 bits per heavy atom. The van der Waals surface area contributed by atoms with Crippen molar-refractivity contribution in [3.05, 3.63) is 59.1 Å². The summed E-state index contributed by atoms with van der Waals surface area (Å²) in [5.41, 5.74) is 4.42. The van der Waals surface area contributed by atoms with Gasteiger partial charge >= 0.3 is 0 Å². The molecule has 0 fully saturated rings. The van der Waals surface area contributed by atoms with Crippen molar-refractivity contribution in [2.45, 2.75) is 19.9 Å². The number of anilines is 1. The summed E-state index contributed by atoms with van der Waals surface area (Å²) < 4.78 is 19.1. The summed E-state index contributed by atoms with van der Waals surface area (Å²) in [5.74, 6) is 0.703. The van der Waals surface area contributed by atoms with Crippen LogP contribution in [0.1, 0.15) is 24.1 Å². The van der Waals surface area contributed by atoms with E-state index in [1.54, 1.807) is 19.5 Å². The van der Waals surface area contributed by atoms with E-state index in [9.17, 15) is 4.39 Å². The van der Waals surface area contributed by atoms with Crippen LogP contribution in [0.15, 0.2) is 37.1 Å². The lowest BCUT2D eigenvalue weighted by molar-refractivity contribution is 0.409. The third kappa shape index (κ3) is 3.47. The zero-order valence-electron chi connectivity index (χ0n) is 16.0. The van der Waals surface area contributed by atoms with E-state index in [-0.39, 0.29) is 6.04 Å². The number of rotatable bonds is 5. The Balaban J connectivity index is 1.81. The third-order valence-corrected chi connectivity index (χ3v) is 5.16. The highest BCUT2D eigenvalue weighted by Crippen LogP contribution is 2.42. The quantitative estimate of drug-likeness (QED) is 0.462. The average molecular weight is 413 g/mol. The van der Waals surface area contributed by atoms with Crippen molar-refractivity contribution in [2.75, 3.05) is 12.4 Å². The van der Waals surface area contributed by atoms with E-state index in [0.717, 1.165) is 22.3 Å². The molecule has 7 nitrogen and oxygen atoms in total. The van der Waals surface area contributed by atoms with Crippen molar-refractivity contribution < 1.29 is 9.13 Å². The van der Waals surface area contributed by atoms with Crippen LogP contribution < -0.4 is 10.1 Å². The van der Waals surface area contributed by atoms with Crippen LogP contribution in [0.4, 0.5) is 10.2 Å². The number of aromatic nitrogens is 5. The van der Waals surface area contributed by atoms with Gasteiger partial charge in [-0.3, -0.25) is 0 Å². The number of nitrogens with zero attached hydrogens (tertiary/aromatic N) is 4. The van der Waals surface area contributed by atoms with Gasteiger partial charge in [-0.1, -0.05) is 11.6 Å². The highest BCUT2D eigenvalue weighted by molar-refractivity contribution is 6.32. The number of halogens is 2. The highest BCUT2D eigenvalue weighted by Gasteiger charge is 2.22. The molecule has 1 aromatic carbocycles. The first-order valence-corrected chi connectivity index (χ1v) is 9.27. The molecule has 29 heavy (non-hydrogen) atoms. The molecular formula is C20H18ClFN6O. The predicted molar refractivity (Wildman–Crippen MR) is 110 cm³/mol. The zero-order valence-corrected chi connectivity index (χ0v) is 16.8. The first-order valence-electron chi connectivity index (χ1n) is 8.89. The van der Waals surface area contributed by atoms with Crippen LogP contribution in [0, 0.1) is 12.9 Å². The van der Waals surface area contributed by atoms with Crippen LogP contribution in [-0.4, -0.2) is 32.0 Å². The number of aromatic amines is 1. The van der Waals surface area contributed by atoms with Gasteiger partial charge < -0.3 is 15.0 Å². The molecule has 3 aromatic heterocycles. The highest BCUT2D eigenvalue weighted by atomic mass is 35.5. The van der Waals surface area contributed by atoms with Crippen LogP contribution in [0.5, 0.6) is 5.75 Å². The first-order chi connectivity index (χ1) is 14.0. The van der Waals surface area contributed by atoms with Crippen molar-refractivity contribution >= 4 is 28.6 Å². The van der Waals surface area contributed by atoms with Gasteiger partial charge in [0.2, 0.25) is 5.95 Å². The lowest BCUT2D eigenvalue weighted by Crippen LogP contribution is -2.11. The number of benzene rings is 1. The predicted octanol–water partition coefficient (Wildman–Crippen LogP) is 4.70. The number of H-pyrrole nitrogens is 1. The molecule has 148 valence electrons. The van der Waals surface area contributed by atoms with E-state index in [4.69, 9.17) is 16.3 Å². The Morgan fingerprint density at radius 3 is 2.76 bits per heavy atom. The number of imidazole rings is 1. The van der Waals surface area contributed by atoms with Crippen LogP contribution in [-0.2, 0) is 0 Å². The molecule has 0 bridgehead atoms. The second kappa shape index (κ2) is 7.63. The fourth-order valence-corrected chi connectivity index (χ4v) is 3.53. The summed E-state index contributed by atoms with van der Waals surface area (Å²) in [6.07, 6.45) is 4.49. The molecule has 0 amide bonds. The number of methoxy groups -OCH3 is 1. The number of pyridine rings is 1. The van der Waals surface area contributed by atoms with Gasteiger partial charge in [-0.2, -0.15) is 4.39 Å². The molecule has 4 aromatic rings. The Hall–Kier alpha value is -3.26. The van der Waals surface area contributed by atoms with Gasteiger partial charge in [-0.15, -0.1) is 0 Å². The number of ether oxygens (including phenoxy) is 1. The third-order valence-electron chi connectivity index (χ3n) is 4.77. The Morgan fingerprint density at radius 2 is 2.03 bits per heavy atom. The summed E-state index contributed by atoms with van der Waals surface area (Å²) in [4.78, 5) is 19.4. The molecular weight excluding hydrogens is 395 g/mol. The Kier molecular flexibility index (Phi) is 5.02. The molecule has 3 heterocycles. The lowest BCUT2D eigenvalue weighted by Gasteiger charge is -2.22. The second-order valence-corrected chi connectivity index (χ2v) is 6.95. The molecule has 0 aliphatic heterocycles. The molecule has 9 heteroatoms. The minimum absolute atomic E-state index is 0.211. The monoisotopic (exact) mass is 412 g/mol. The molecule has 0 saturated heterocycles. The van der Waals surface area contributed by atoms with Crippen LogP contribution in [0.2, 0.25) is 5.02 Å². The molecule has 0 radical (unpaired) electrons. The topological polar surface area (TPSA) is 88.6 Å². The molecule has 0 aliphatic carbocycles. The summed E-state index contributed by atoms with van der Waals surface area (Å²) in [6, 6.07) is 4.62. The smallest absolute Gasteiger partial charge is 0.212 e. The summed E-state index contributed by atoms with van der Waals surface area (Å²) in [5, 5.41) is 3.93. The first kappa shape index (κ1) is 19.1. The van der Waals surface area contributed by atoms with Crippen molar-refractivity contribution in [3.63, 3.8) is 0 Å². The minimum Gasteiger partial charge on any atom is -0.496 e. The van der Waals surface area contributed by atoms with Crippen molar-refractivity contribution in [1.82, 2.24) is 24.9 Å². The fourth-order valence-electron chi connectivity index (χ4n) is 3.31. The van der Waals surface area contributed by atoms with Gasteiger partial charge in [0.05, 0.1) is 19.5 Å². The molecule has 1 atom stereocenters. The van der Waals surface area contributed by atoms with E-state index >= 15 is 0 Å². The normalized spacial score (nSPS) is 12.2. The largest absolute Gasteiger partial charge is 0.496 e. The number of hydrogen-bond donors (Lipinski definition) is 2. The molecule has 0 saturated carbocycles. The van der Waals surface area contributed by atoms with Crippen LogP contribution in [0.25, 0.3) is 22.3 Å². The molecule has 4 rings (SSSR count). The van der Waals surface area contributed by atoms with Gasteiger partial charge in [0.25, 0.3) is 0 Å². The van der Waals surface area contributed by atoms with Crippen molar-refractivity contribution in [2.24, 2.45) is 0 Å². The summed E-state index contributed by atoms with van der Waals surface area (Å²) >= 11 is 6.53. The SMILES string of the molecule is COc1c(C(C)Nc2ncnc3nc[nH]c23)cc(Cl)c(C)c1-c1ccc(F)nc1. The maximum atomic E-state index is 13.3. The molecule has 1 unspecified atom stereocenters. The van der Waals surface area contributed by atoms with E-state index in [2.05, 4.69) is 30.2 Å². The van der Waals surface area contributed by atoms with Crippen LogP contribution >= 0.6 is 11.6 Å². The van der Waals surface area contributed by atoms with Gasteiger partial charge in [0.1, 0.15) is 17.6 Å². The maximum absolute atomic E-state index is 13.3. The summed E-state index contributed by atoms with van der Waals surface area (Å²) in [7, 11) is 1.59. The van der Waals surface area contributed by atoms with Gasteiger partial charge in [0.15, 0.2) is 11.5 Å². The lowest BCUT2D eigenvalue weighted by atomic mass is 9.94. The van der Waals surface area contributed by atoms with Gasteiger partial charge in [-0.05, 0) is 37.6 Å². The standard InChI is InChI=1S/C20H18ClFN6O/c1-10-14(21)6-13(18(29-3)16(10)12-4-5-15(22)23-7-12)11(2)28-20-17-19(25-8-24-17)26-9-27-20/h4-9,11H,1-3H3,(H2,24,25,26,27,28). The Bertz CT molecular complexity index is 1180. The molecule has 0 spiro atoms. The van der Waals surface area contributed by atoms with Gasteiger partial charge in [-0.25, -0.2) is 19.9 Å².